The van der Waals surface area contributed by atoms with Crippen LogP contribution >= 0.6 is 0 Å². The predicted molar refractivity (Wildman–Crippen MR) is 114 cm³/mol. The molecular weight excluding hydrogens is 379 g/mol. The number of hydrogen-bond acceptors (Lipinski definition) is 3. The van der Waals surface area contributed by atoms with Crippen molar-refractivity contribution in [1.29, 1.82) is 5.26 Å². The Morgan fingerprint density at radius 1 is 1.10 bits per heavy atom. The summed E-state index contributed by atoms with van der Waals surface area (Å²) in [5.41, 5.74) is 2.03. The molecule has 1 atom stereocenters. The molecule has 0 spiro atoms. The lowest BCUT2D eigenvalue weighted by Gasteiger charge is -2.13. The highest BCUT2D eigenvalue weighted by Gasteiger charge is 2.14. The van der Waals surface area contributed by atoms with E-state index in [9.17, 15) is 14.4 Å². The second-order valence-electron chi connectivity index (χ2n) is 6.73. The smallest absolute Gasteiger partial charge is 0.262 e. The van der Waals surface area contributed by atoms with Crippen LogP contribution in [0, 0.1) is 17.1 Å². The van der Waals surface area contributed by atoms with Crippen molar-refractivity contribution in [3.63, 3.8) is 0 Å². The number of ether oxygens (including phenoxy) is 1. The van der Waals surface area contributed by atoms with Gasteiger partial charge in [-0.2, -0.15) is 5.26 Å². The zero-order valence-electron chi connectivity index (χ0n) is 16.5. The third kappa shape index (κ3) is 5.55. The third-order valence-corrected chi connectivity index (χ3v) is 4.53. The van der Waals surface area contributed by atoms with E-state index in [0.29, 0.717) is 16.9 Å². The highest BCUT2D eigenvalue weighted by molar-refractivity contribution is 6.01. The van der Waals surface area contributed by atoms with Crippen LogP contribution in [0.15, 0.2) is 84.4 Å². The molecule has 0 aliphatic heterocycles. The molecule has 0 saturated heterocycles. The van der Waals surface area contributed by atoms with Gasteiger partial charge in [0.1, 0.15) is 29.8 Å². The van der Waals surface area contributed by atoms with Crippen molar-refractivity contribution >= 4 is 12.0 Å². The number of amides is 1. The van der Waals surface area contributed by atoms with Gasteiger partial charge in [-0.3, -0.25) is 4.79 Å². The fourth-order valence-corrected chi connectivity index (χ4v) is 2.89. The van der Waals surface area contributed by atoms with E-state index in [1.54, 1.807) is 42.5 Å². The van der Waals surface area contributed by atoms with Crippen molar-refractivity contribution < 1.29 is 13.9 Å². The van der Waals surface area contributed by atoms with Crippen LogP contribution in [0.3, 0.4) is 0 Å². The van der Waals surface area contributed by atoms with Crippen molar-refractivity contribution in [1.82, 2.24) is 5.32 Å². The molecule has 4 nitrogen and oxygen atoms in total. The average molecular weight is 400 g/mol. The molecule has 0 fully saturated rings. The Morgan fingerprint density at radius 3 is 2.57 bits per heavy atom. The van der Waals surface area contributed by atoms with Gasteiger partial charge in [0.2, 0.25) is 0 Å². The summed E-state index contributed by atoms with van der Waals surface area (Å²) >= 11 is 0. The summed E-state index contributed by atoms with van der Waals surface area (Å²) in [5, 5.41) is 12.3. The van der Waals surface area contributed by atoms with Crippen LogP contribution in [-0.4, -0.2) is 5.91 Å². The second kappa shape index (κ2) is 10.0. The minimum Gasteiger partial charge on any atom is -0.489 e. The zero-order valence-corrected chi connectivity index (χ0v) is 16.5. The summed E-state index contributed by atoms with van der Waals surface area (Å²) < 4.78 is 19.4. The number of rotatable bonds is 7. The maximum atomic E-state index is 13.7. The van der Waals surface area contributed by atoms with Gasteiger partial charge in [0.15, 0.2) is 0 Å². The molecule has 30 heavy (non-hydrogen) atoms. The lowest BCUT2D eigenvalue weighted by molar-refractivity contribution is -0.117. The molecule has 5 heteroatoms. The first kappa shape index (κ1) is 20.8. The molecule has 0 saturated carbocycles. The van der Waals surface area contributed by atoms with Gasteiger partial charge in [-0.25, -0.2) is 4.39 Å². The standard InChI is InChI=1S/C25H21FN2O2/c1-18(20-9-3-2-4-10-20)28-25(29)22(16-27)14-19-8-7-12-23(15-19)30-17-21-11-5-6-13-24(21)26/h2-15,18H,17H2,1H3,(H,28,29)/b22-14-/t18-/m0/s1. The molecule has 0 radical (unpaired) electrons. The van der Waals surface area contributed by atoms with E-state index < -0.39 is 5.91 Å². The van der Waals surface area contributed by atoms with Crippen molar-refractivity contribution in [2.24, 2.45) is 0 Å². The van der Waals surface area contributed by atoms with Crippen LogP contribution in [0.25, 0.3) is 6.08 Å². The van der Waals surface area contributed by atoms with Crippen LogP contribution < -0.4 is 10.1 Å². The van der Waals surface area contributed by atoms with E-state index in [1.807, 2.05) is 43.3 Å². The fourth-order valence-electron chi connectivity index (χ4n) is 2.89. The van der Waals surface area contributed by atoms with Crippen LogP contribution in [0.5, 0.6) is 5.75 Å². The lowest BCUT2D eigenvalue weighted by atomic mass is 10.1. The summed E-state index contributed by atoms with van der Waals surface area (Å²) in [7, 11) is 0. The minimum atomic E-state index is -0.452. The van der Waals surface area contributed by atoms with Gasteiger partial charge in [-0.05, 0) is 42.3 Å². The Hall–Kier alpha value is -3.91. The molecule has 3 aromatic rings. The summed E-state index contributed by atoms with van der Waals surface area (Å²) in [6.45, 7) is 1.94. The number of nitrogens with zero attached hydrogens (tertiary/aromatic N) is 1. The van der Waals surface area contributed by atoms with Gasteiger partial charge in [0, 0.05) is 5.56 Å². The molecule has 0 heterocycles. The Labute approximate surface area is 175 Å². The monoisotopic (exact) mass is 400 g/mol. The van der Waals surface area contributed by atoms with E-state index in [0.717, 1.165) is 5.56 Å². The van der Waals surface area contributed by atoms with Gasteiger partial charge < -0.3 is 10.1 Å². The van der Waals surface area contributed by atoms with E-state index in [-0.39, 0.29) is 24.0 Å². The highest BCUT2D eigenvalue weighted by atomic mass is 19.1. The molecule has 3 aromatic carbocycles. The zero-order chi connectivity index (χ0) is 21.3. The van der Waals surface area contributed by atoms with E-state index >= 15 is 0 Å². The maximum Gasteiger partial charge on any atom is 0.262 e. The van der Waals surface area contributed by atoms with Crippen LogP contribution in [0.2, 0.25) is 0 Å². The number of nitriles is 1. The first-order chi connectivity index (χ1) is 14.6. The van der Waals surface area contributed by atoms with Crippen molar-refractivity contribution in [3.8, 4) is 11.8 Å². The molecule has 3 rings (SSSR count). The van der Waals surface area contributed by atoms with Gasteiger partial charge in [0.05, 0.1) is 6.04 Å². The van der Waals surface area contributed by atoms with Crippen molar-refractivity contribution in [3.05, 3.63) is 107 Å². The largest absolute Gasteiger partial charge is 0.489 e. The Balaban J connectivity index is 1.69. The SMILES string of the molecule is C[C@H](NC(=O)/C(C#N)=C\c1cccc(OCc2ccccc2F)c1)c1ccccc1. The number of carbonyl (C=O) groups is 1. The van der Waals surface area contributed by atoms with Crippen LogP contribution in [-0.2, 0) is 11.4 Å². The molecule has 0 unspecified atom stereocenters. The molecule has 0 bridgehead atoms. The number of halogens is 1. The molecule has 0 aromatic heterocycles. The predicted octanol–water partition coefficient (Wildman–Crippen LogP) is 5.19. The molecule has 0 aliphatic carbocycles. The van der Waals surface area contributed by atoms with Crippen LogP contribution in [0.4, 0.5) is 4.39 Å². The number of nitrogens with one attached hydrogen (secondary N) is 1. The molecule has 150 valence electrons. The third-order valence-electron chi connectivity index (χ3n) is 4.53. The number of benzene rings is 3. The van der Waals surface area contributed by atoms with E-state index in [4.69, 9.17) is 4.74 Å². The topological polar surface area (TPSA) is 62.1 Å². The Kier molecular flexibility index (Phi) is 6.96. The Bertz CT molecular complexity index is 1090. The average Bonchev–Trinajstić information content (AvgIpc) is 2.77. The quantitative estimate of drug-likeness (QED) is 0.439. The number of carbonyl (C=O) groups excluding carboxylic acids is 1. The van der Waals surface area contributed by atoms with Crippen molar-refractivity contribution in [2.45, 2.75) is 19.6 Å². The van der Waals surface area contributed by atoms with Gasteiger partial charge in [-0.15, -0.1) is 0 Å². The summed E-state index contributed by atoms with van der Waals surface area (Å²) in [6, 6.07) is 24.6. The Morgan fingerprint density at radius 2 is 1.83 bits per heavy atom. The van der Waals surface area contributed by atoms with Gasteiger partial charge >= 0.3 is 0 Å². The van der Waals surface area contributed by atoms with Crippen molar-refractivity contribution in [2.75, 3.05) is 0 Å². The second-order valence-corrected chi connectivity index (χ2v) is 6.73. The molecular formula is C25H21FN2O2. The van der Waals surface area contributed by atoms with Crippen LogP contribution in [0.1, 0.15) is 29.7 Å². The van der Waals surface area contributed by atoms with Gasteiger partial charge in [0.25, 0.3) is 5.91 Å². The highest BCUT2D eigenvalue weighted by Crippen LogP contribution is 2.19. The lowest BCUT2D eigenvalue weighted by Crippen LogP contribution is -2.27. The summed E-state index contributed by atoms with van der Waals surface area (Å²) in [5.74, 6) is -0.265. The van der Waals surface area contributed by atoms with E-state index in [1.165, 1.54) is 12.1 Å². The normalized spacial score (nSPS) is 12.0. The maximum absolute atomic E-state index is 13.7. The molecule has 0 aliphatic rings. The van der Waals surface area contributed by atoms with Gasteiger partial charge in [-0.1, -0.05) is 60.7 Å². The minimum absolute atomic E-state index is 0.0102. The fraction of sp³-hybridized carbons (Fsp3) is 0.120. The number of hydrogen-bond donors (Lipinski definition) is 1. The molecule has 1 amide bonds. The molecule has 1 N–H and O–H groups in total. The van der Waals surface area contributed by atoms with E-state index in [2.05, 4.69) is 5.32 Å². The summed E-state index contributed by atoms with van der Waals surface area (Å²) in [4.78, 5) is 12.5. The first-order valence-electron chi connectivity index (χ1n) is 9.50. The first-order valence-corrected chi connectivity index (χ1v) is 9.50. The summed E-state index contributed by atoms with van der Waals surface area (Å²) in [6.07, 6.45) is 1.50.